The maximum atomic E-state index is 13.3. The van der Waals surface area contributed by atoms with E-state index in [1.807, 2.05) is 6.92 Å². The molecule has 158 valence electrons. The highest BCUT2D eigenvalue weighted by molar-refractivity contribution is 6.03. The Kier molecular flexibility index (Phi) is 5.44. The van der Waals surface area contributed by atoms with Crippen LogP contribution in [0.1, 0.15) is 73.6 Å². The summed E-state index contributed by atoms with van der Waals surface area (Å²) in [4.78, 5) is 39.8. The molecule has 3 saturated carbocycles. The largest absolute Gasteiger partial charge is 0.465 e. The van der Waals surface area contributed by atoms with E-state index in [9.17, 15) is 14.4 Å². The normalized spacial score (nSPS) is 38.3. The zero-order valence-corrected chi connectivity index (χ0v) is 18.3. The van der Waals surface area contributed by atoms with Gasteiger partial charge in [-0.05, 0) is 68.6 Å². The van der Waals surface area contributed by atoms with E-state index in [1.54, 1.807) is 13.8 Å². The van der Waals surface area contributed by atoms with E-state index in [2.05, 4.69) is 20.8 Å². The molecule has 5 nitrogen and oxygen atoms in total. The Balaban J connectivity index is 2.11. The van der Waals surface area contributed by atoms with Gasteiger partial charge in [0.2, 0.25) is 0 Å². The van der Waals surface area contributed by atoms with Crippen LogP contribution in [0.5, 0.6) is 0 Å². The summed E-state index contributed by atoms with van der Waals surface area (Å²) in [6, 6.07) is 0. The van der Waals surface area contributed by atoms with Crippen LogP contribution >= 0.6 is 0 Å². The van der Waals surface area contributed by atoms with Gasteiger partial charge in [0.15, 0.2) is 5.41 Å². The second-order valence-corrected chi connectivity index (χ2v) is 10.4. The summed E-state index contributed by atoms with van der Waals surface area (Å²) in [7, 11) is 0. The fourth-order valence-electron chi connectivity index (χ4n) is 6.97. The van der Waals surface area contributed by atoms with Crippen LogP contribution in [-0.2, 0) is 23.9 Å². The van der Waals surface area contributed by atoms with Crippen molar-refractivity contribution in [2.45, 2.75) is 73.6 Å². The van der Waals surface area contributed by atoms with Gasteiger partial charge >= 0.3 is 11.9 Å². The number of hydrogen-bond donors (Lipinski definition) is 0. The van der Waals surface area contributed by atoms with Crippen molar-refractivity contribution in [3.8, 4) is 0 Å². The fourth-order valence-corrected chi connectivity index (χ4v) is 6.97. The zero-order valence-electron chi connectivity index (χ0n) is 18.3. The van der Waals surface area contributed by atoms with Crippen molar-refractivity contribution in [1.29, 1.82) is 0 Å². The SMILES string of the molecule is CCOC(=O)C1(C(=O)OCC)C[C@H](C)C(=O)[C@@H]2[C@H]1C[C@]1(C)CC(C)(C)CC[C@H]21. The number of Topliss-reactive ketones (excluding diaryl/α,β-unsaturated/α-hetero) is 1. The van der Waals surface area contributed by atoms with Crippen molar-refractivity contribution in [3.05, 3.63) is 0 Å². The number of hydrogen-bond acceptors (Lipinski definition) is 5. The maximum Gasteiger partial charge on any atom is 0.323 e. The molecule has 3 fully saturated rings. The van der Waals surface area contributed by atoms with E-state index in [-0.39, 0.29) is 59.9 Å². The topological polar surface area (TPSA) is 69.7 Å². The predicted octanol–water partition coefficient (Wildman–Crippen LogP) is 4.18. The molecule has 3 aliphatic carbocycles. The molecule has 3 aliphatic rings. The monoisotopic (exact) mass is 392 g/mol. The predicted molar refractivity (Wildman–Crippen MR) is 105 cm³/mol. The van der Waals surface area contributed by atoms with E-state index >= 15 is 0 Å². The first-order valence-corrected chi connectivity index (χ1v) is 10.9. The molecule has 0 spiro atoms. The first-order valence-electron chi connectivity index (χ1n) is 10.9. The molecule has 0 radical (unpaired) electrons. The van der Waals surface area contributed by atoms with E-state index in [0.717, 1.165) is 19.3 Å². The first-order chi connectivity index (χ1) is 13.0. The van der Waals surface area contributed by atoms with Gasteiger partial charge in [-0.1, -0.05) is 27.7 Å². The molecule has 28 heavy (non-hydrogen) atoms. The van der Waals surface area contributed by atoms with Crippen molar-refractivity contribution >= 4 is 17.7 Å². The Hall–Kier alpha value is -1.39. The molecule has 0 aromatic heterocycles. The minimum absolute atomic E-state index is 0.0406. The van der Waals surface area contributed by atoms with Gasteiger partial charge in [-0.2, -0.15) is 0 Å². The molecule has 5 heteroatoms. The van der Waals surface area contributed by atoms with E-state index in [1.165, 1.54) is 0 Å². The smallest absolute Gasteiger partial charge is 0.323 e. The summed E-state index contributed by atoms with van der Waals surface area (Å²) in [5.74, 6) is -1.45. The van der Waals surface area contributed by atoms with Crippen LogP contribution in [0.3, 0.4) is 0 Å². The van der Waals surface area contributed by atoms with Crippen LogP contribution < -0.4 is 0 Å². The molecule has 0 aromatic carbocycles. The molecule has 0 N–H and O–H groups in total. The van der Waals surface area contributed by atoms with Gasteiger partial charge in [-0.25, -0.2) is 0 Å². The van der Waals surface area contributed by atoms with Crippen LogP contribution in [0.2, 0.25) is 0 Å². The van der Waals surface area contributed by atoms with Crippen molar-refractivity contribution < 1.29 is 23.9 Å². The fraction of sp³-hybridized carbons (Fsp3) is 0.870. The van der Waals surface area contributed by atoms with Gasteiger partial charge in [0, 0.05) is 11.8 Å². The van der Waals surface area contributed by atoms with Gasteiger partial charge in [0.25, 0.3) is 0 Å². The average molecular weight is 393 g/mol. The average Bonchev–Trinajstić information content (AvgIpc) is 2.89. The third-order valence-corrected chi connectivity index (χ3v) is 7.82. The van der Waals surface area contributed by atoms with E-state index in [0.29, 0.717) is 6.42 Å². The maximum absolute atomic E-state index is 13.3. The standard InChI is InChI=1S/C23H36O5/c1-7-27-19(25)23(20(26)28-8-2)11-14(3)18(24)17-15-9-10-21(4,5)13-22(15,6)12-16(17)23/h14-17H,7-13H2,1-6H3/t14-,15+,16+,17-,22+/m0/s1. The summed E-state index contributed by atoms with van der Waals surface area (Å²) >= 11 is 0. The van der Waals surface area contributed by atoms with Gasteiger partial charge in [-0.3, -0.25) is 14.4 Å². The van der Waals surface area contributed by atoms with Crippen molar-refractivity contribution in [2.75, 3.05) is 13.2 Å². The van der Waals surface area contributed by atoms with E-state index in [4.69, 9.17) is 9.47 Å². The molecule has 0 aliphatic heterocycles. The first kappa shape index (κ1) is 21.3. The number of carbonyl (C=O) groups excluding carboxylic acids is 3. The molecule has 0 unspecified atom stereocenters. The molecule has 0 bridgehead atoms. The molecule has 0 saturated heterocycles. The van der Waals surface area contributed by atoms with Crippen LogP contribution in [0.15, 0.2) is 0 Å². The Morgan fingerprint density at radius 1 is 1.00 bits per heavy atom. The molecule has 0 heterocycles. The van der Waals surface area contributed by atoms with Crippen LogP contribution in [0, 0.1) is 39.9 Å². The highest BCUT2D eigenvalue weighted by Gasteiger charge is 2.69. The van der Waals surface area contributed by atoms with Crippen LogP contribution in [-0.4, -0.2) is 30.9 Å². The summed E-state index contributed by atoms with van der Waals surface area (Å²) in [5.41, 5.74) is -1.18. The Morgan fingerprint density at radius 3 is 2.11 bits per heavy atom. The van der Waals surface area contributed by atoms with Crippen LogP contribution in [0.25, 0.3) is 0 Å². The Bertz CT molecular complexity index is 648. The highest BCUT2D eigenvalue weighted by Crippen LogP contribution is 2.67. The molecular formula is C23H36O5. The Morgan fingerprint density at radius 2 is 1.57 bits per heavy atom. The third-order valence-electron chi connectivity index (χ3n) is 7.82. The summed E-state index contributed by atoms with van der Waals surface area (Å²) < 4.78 is 10.8. The quantitative estimate of drug-likeness (QED) is 0.530. The van der Waals surface area contributed by atoms with Gasteiger partial charge in [0.1, 0.15) is 5.78 Å². The molecule has 0 amide bonds. The minimum atomic E-state index is -1.35. The number of ketones is 1. The van der Waals surface area contributed by atoms with Gasteiger partial charge in [-0.15, -0.1) is 0 Å². The lowest BCUT2D eigenvalue weighted by Gasteiger charge is -2.47. The van der Waals surface area contributed by atoms with E-state index < -0.39 is 17.4 Å². The molecule has 5 atom stereocenters. The minimum Gasteiger partial charge on any atom is -0.465 e. The summed E-state index contributed by atoms with van der Waals surface area (Å²) in [6.07, 6.45) is 3.98. The van der Waals surface area contributed by atoms with Gasteiger partial charge in [0.05, 0.1) is 13.2 Å². The van der Waals surface area contributed by atoms with Crippen LogP contribution in [0.4, 0.5) is 0 Å². The lowest BCUT2D eigenvalue weighted by atomic mass is 9.56. The molecular weight excluding hydrogens is 356 g/mol. The summed E-state index contributed by atoms with van der Waals surface area (Å²) in [5, 5.41) is 0. The van der Waals surface area contributed by atoms with Gasteiger partial charge < -0.3 is 9.47 Å². The number of fused-ring (bicyclic) bond motifs is 3. The number of rotatable bonds is 4. The van der Waals surface area contributed by atoms with Crippen molar-refractivity contribution in [3.63, 3.8) is 0 Å². The molecule has 3 rings (SSSR count). The third kappa shape index (κ3) is 3.09. The molecule has 0 aromatic rings. The second-order valence-electron chi connectivity index (χ2n) is 10.4. The lowest BCUT2D eigenvalue weighted by molar-refractivity contribution is -0.184. The number of esters is 2. The van der Waals surface area contributed by atoms with Crippen molar-refractivity contribution in [1.82, 2.24) is 0 Å². The zero-order chi connectivity index (χ0) is 20.9. The second kappa shape index (κ2) is 7.14. The number of ether oxygens (including phenoxy) is 2. The highest BCUT2D eigenvalue weighted by atomic mass is 16.6. The lowest BCUT2D eigenvalue weighted by Crippen LogP contribution is -2.56. The van der Waals surface area contributed by atoms with Crippen molar-refractivity contribution in [2.24, 2.45) is 39.9 Å². The number of carbonyl (C=O) groups is 3. The Labute approximate surface area is 168 Å². The summed E-state index contributed by atoms with van der Waals surface area (Å²) in [6.45, 7) is 12.6.